The number of para-hydroxylation sites is 1. The summed E-state index contributed by atoms with van der Waals surface area (Å²) in [4.78, 5) is 11.5. The van der Waals surface area contributed by atoms with E-state index in [0.29, 0.717) is 5.56 Å². The van der Waals surface area contributed by atoms with Crippen LogP contribution in [0.25, 0.3) is 0 Å². The Labute approximate surface area is 107 Å². The van der Waals surface area contributed by atoms with E-state index in [1.807, 2.05) is 0 Å². The summed E-state index contributed by atoms with van der Waals surface area (Å²) in [5.41, 5.74) is 0.522. The average Bonchev–Trinajstić information content (AvgIpc) is 2.32. The summed E-state index contributed by atoms with van der Waals surface area (Å²) in [7, 11) is -3.06. The topological polar surface area (TPSA) is 83.5 Å². The highest BCUT2D eigenvalue weighted by Crippen LogP contribution is 2.15. The van der Waals surface area contributed by atoms with Crippen LogP contribution in [0.3, 0.4) is 0 Å². The van der Waals surface area contributed by atoms with Crippen LogP contribution in [-0.4, -0.2) is 37.5 Å². The number of benzene rings is 1. The molecule has 0 spiro atoms. The van der Waals surface area contributed by atoms with Crippen LogP contribution < -0.4 is 5.32 Å². The number of hydrogen-bond acceptors (Lipinski definition) is 4. The van der Waals surface area contributed by atoms with E-state index in [-0.39, 0.29) is 36.1 Å². The van der Waals surface area contributed by atoms with E-state index in [1.54, 1.807) is 25.1 Å². The van der Waals surface area contributed by atoms with Gasteiger partial charge in [-0.3, -0.25) is 4.79 Å². The minimum absolute atomic E-state index is 0.0405. The second-order valence-corrected chi connectivity index (χ2v) is 6.36. The van der Waals surface area contributed by atoms with Crippen molar-refractivity contribution in [1.29, 1.82) is 0 Å². The standard InChI is InChI=1S/C12H17NO4S/c1-2-18(16,17)8-7-13-12(15)9-10-5-3-4-6-11(10)14/h3-6,14H,2,7-9H2,1H3,(H,13,15). The Kier molecular flexibility index (Phi) is 5.15. The van der Waals surface area contributed by atoms with Gasteiger partial charge in [0.2, 0.25) is 5.91 Å². The molecule has 1 rings (SSSR count). The second kappa shape index (κ2) is 6.39. The van der Waals surface area contributed by atoms with Crippen molar-refractivity contribution in [1.82, 2.24) is 5.32 Å². The van der Waals surface area contributed by atoms with Gasteiger partial charge in [0.1, 0.15) is 5.75 Å². The first-order valence-electron chi connectivity index (χ1n) is 5.68. The summed E-state index contributed by atoms with van der Waals surface area (Å²) in [5, 5.41) is 12.0. The molecular weight excluding hydrogens is 254 g/mol. The van der Waals surface area contributed by atoms with E-state index >= 15 is 0 Å². The summed E-state index contributed by atoms with van der Waals surface area (Å²) in [6, 6.07) is 6.55. The number of amides is 1. The van der Waals surface area contributed by atoms with Crippen LogP contribution in [-0.2, 0) is 21.1 Å². The Morgan fingerprint density at radius 2 is 2.00 bits per heavy atom. The van der Waals surface area contributed by atoms with Crippen LogP contribution in [0.1, 0.15) is 12.5 Å². The number of sulfone groups is 1. The zero-order valence-electron chi connectivity index (χ0n) is 10.2. The van der Waals surface area contributed by atoms with E-state index in [2.05, 4.69) is 5.32 Å². The summed E-state index contributed by atoms with van der Waals surface area (Å²) >= 11 is 0. The Morgan fingerprint density at radius 3 is 2.61 bits per heavy atom. The quantitative estimate of drug-likeness (QED) is 0.788. The zero-order chi connectivity index (χ0) is 13.6. The Bertz CT molecular complexity index is 511. The van der Waals surface area contributed by atoms with Gasteiger partial charge in [0.15, 0.2) is 9.84 Å². The number of carbonyl (C=O) groups is 1. The van der Waals surface area contributed by atoms with Crippen molar-refractivity contribution in [2.24, 2.45) is 0 Å². The molecule has 18 heavy (non-hydrogen) atoms. The molecule has 0 radical (unpaired) electrons. The lowest BCUT2D eigenvalue weighted by molar-refractivity contribution is -0.120. The molecule has 0 saturated heterocycles. The summed E-state index contributed by atoms with van der Waals surface area (Å²) in [6.07, 6.45) is 0.0405. The van der Waals surface area contributed by atoms with E-state index < -0.39 is 9.84 Å². The summed E-state index contributed by atoms with van der Waals surface area (Å²) in [6.45, 7) is 1.67. The van der Waals surface area contributed by atoms with Gasteiger partial charge in [0.05, 0.1) is 12.2 Å². The van der Waals surface area contributed by atoms with Crippen molar-refractivity contribution in [3.8, 4) is 5.75 Å². The molecule has 100 valence electrons. The molecule has 0 heterocycles. The average molecular weight is 271 g/mol. The van der Waals surface area contributed by atoms with Gasteiger partial charge in [0.25, 0.3) is 0 Å². The maximum Gasteiger partial charge on any atom is 0.224 e. The highest BCUT2D eigenvalue weighted by molar-refractivity contribution is 7.91. The van der Waals surface area contributed by atoms with Crippen molar-refractivity contribution >= 4 is 15.7 Å². The lowest BCUT2D eigenvalue weighted by Gasteiger charge is -2.06. The minimum Gasteiger partial charge on any atom is -0.508 e. The van der Waals surface area contributed by atoms with Gasteiger partial charge < -0.3 is 10.4 Å². The highest BCUT2D eigenvalue weighted by Gasteiger charge is 2.10. The fourth-order valence-electron chi connectivity index (χ4n) is 1.39. The molecule has 0 aliphatic carbocycles. The predicted octanol–water partition coefficient (Wildman–Crippen LogP) is 0.486. The third-order valence-corrected chi connectivity index (χ3v) is 4.22. The molecule has 1 aromatic rings. The van der Waals surface area contributed by atoms with Crippen LogP contribution in [0.2, 0.25) is 0 Å². The van der Waals surface area contributed by atoms with Crippen LogP contribution in [0.4, 0.5) is 0 Å². The Hall–Kier alpha value is -1.56. The van der Waals surface area contributed by atoms with Gasteiger partial charge in [-0.25, -0.2) is 8.42 Å². The summed E-state index contributed by atoms with van der Waals surface area (Å²) < 4.78 is 22.4. The summed E-state index contributed by atoms with van der Waals surface area (Å²) in [5.74, 6) is -0.227. The fraction of sp³-hybridized carbons (Fsp3) is 0.417. The smallest absolute Gasteiger partial charge is 0.224 e. The second-order valence-electron chi connectivity index (χ2n) is 3.89. The van der Waals surface area contributed by atoms with Gasteiger partial charge in [-0.05, 0) is 6.07 Å². The van der Waals surface area contributed by atoms with E-state index in [0.717, 1.165) is 0 Å². The number of phenolic OH excluding ortho intramolecular Hbond substituents is 1. The van der Waals surface area contributed by atoms with Crippen molar-refractivity contribution in [3.05, 3.63) is 29.8 Å². The van der Waals surface area contributed by atoms with Crippen molar-refractivity contribution in [3.63, 3.8) is 0 Å². The largest absolute Gasteiger partial charge is 0.508 e. The lowest BCUT2D eigenvalue weighted by Crippen LogP contribution is -2.30. The maximum absolute atomic E-state index is 11.5. The van der Waals surface area contributed by atoms with Crippen molar-refractivity contribution in [2.75, 3.05) is 18.1 Å². The van der Waals surface area contributed by atoms with Crippen molar-refractivity contribution < 1.29 is 18.3 Å². The SMILES string of the molecule is CCS(=O)(=O)CCNC(=O)Cc1ccccc1O. The lowest BCUT2D eigenvalue weighted by atomic mass is 10.1. The predicted molar refractivity (Wildman–Crippen MR) is 69.1 cm³/mol. The fourth-order valence-corrected chi connectivity index (χ4v) is 2.09. The van der Waals surface area contributed by atoms with Gasteiger partial charge >= 0.3 is 0 Å². The first-order valence-corrected chi connectivity index (χ1v) is 7.50. The Morgan fingerprint density at radius 1 is 1.33 bits per heavy atom. The molecule has 0 aliphatic rings. The molecule has 0 aromatic heterocycles. The first kappa shape index (κ1) is 14.5. The van der Waals surface area contributed by atoms with Gasteiger partial charge in [-0.1, -0.05) is 25.1 Å². The molecular formula is C12H17NO4S. The van der Waals surface area contributed by atoms with Gasteiger partial charge in [-0.15, -0.1) is 0 Å². The molecule has 0 unspecified atom stereocenters. The molecule has 0 atom stereocenters. The van der Waals surface area contributed by atoms with E-state index in [1.165, 1.54) is 6.07 Å². The third kappa shape index (κ3) is 4.75. The molecule has 1 amide bonds. The maximum atomic E-state index is 11.5. The normalized spacial score (nSPS) is 11.2. The molecule has 1 aromatic carbocycles. The number of carbonyl (C=O) groups excluding carboxylic acids is 1. The molecule has 6 heteroatoms. The van der Waals surface area contributed by atoms with Gasteiger partial charge in [-0.2, -0.15) is 0 Å². The number of phenols is 1. The highest BCUT2D eigenvalue weighted by atomic mass is 32.2. The number of aromatic hydroxyl groups is 1. The molecule has 0 fully saturated rings. The molecule has 0 saturated carbocycles. The van der Waals surface area contributed by atoms with Crippen LogP contribution in [0.15, 0.2) is 24.3 Å². The minimum atomic E-state index is -3.06. The number of rotatable bonds is 6. The molecule has 2 N–H and O–H groups in total. The van der Waals surface area contributed by atoms with E-state index in [9.17, 15) is 18.3 Å². The monoisotopic (exact) mass is 271 g/mol. The number of nitrogens with one attached hydrogen (secondary N) is 1. The van der Waals surface area contributed by atoms with Crippen LogP contribution in [0, 0.1) is 0 Å². The van der Waals surface area contributed by atoms with E-state index in [4.69, 9.17) is 0 Å². The molecule has 5 nitrogen and oxygen atoms in total. The molecule has 0 bridgehead atoms. The Balaban J connectivity index is 2.42. The van der Waals surface area contributed by atoms with Crippen LogP contribution >= 0.6 is 0 Å². The zero-order valence-corrected chi connectivity index (χ0v) is 11.0. The first-order chi connectivity index (χ1) is 8.44. The van der Waals surface area contributed by atoms with Gasteiger partial charge in [0, 0.05) is 17.9 Å². The van der Waals surface area contributed by atoms with Crippen LogP contribution in [0.5, 0.6) is 5.75 Å². The number of hydrogen-bond donors (Lipinski definition) is 2. The van der Waals surface area contributed by atoms with Crippen molar-refractivity contribution in [2.45, 2.75) is 13.3 Å². The molecule has 0 aliphatic heterocycles. The third-order valence-electron chi connectivity index (χ3n) is 2.52.